The summed E-state index contributed by atoms with van der Waals surface area (Å²) >= 11 is 0. The Morgan fingerprint density at radius 1 is 1.38 bits per heavy atom. The molecule has 1 saturated heterocycles. The Morgan fingerprint density at radius 3 is 2.71 bits per heavy atom. The van der Waals surface area contributed by atoms with E-state index in [2.05, 4.69) is 10.2 Å². The second-order valence-electron chi connectivity index (χ2n) is 5.16. The van der Waals surface area contributed by atoms with Gasteiger partial charge in [-0.05, 0) is 18.1 Å². The molecule has 1 aromatic carbocycles. The molecule has 2 rings (SSSR count). The molecule has 1 fully saturated rings. The molecule has 0 aromatic heterocycles. The van der Waals surface area contributed by atoms with E-state index in [1.54, 1.807) is 12.1 Å². The third-order valence-electron chi connectivity index (χ3n) is 3.50. The van der Waals surface area contributed by atoms with E-state index in [0.29, 0.717) is 23.7 Å². The van der Waals surface area contributed by atoms with Crippen LogP contribution in [0.3, 0.4) is 0 Å². The Kier molecular flexibility index (Phi) is 5.69. The van der Waals surface area contributed by atoms with Crippen LogP contribution < -0.4 is 5.32 Å². The van der Waals surface area contributed by atoms with Gasteiger partial charge in [0.25, 0.3) is 5.69 Å². The Morgan fingerprint density at radius 2 is 2.10 bits per heavy atom. The highest BCUT2D eigenvalue weighted by Gasteiger charge is 2.18. The van der Waals surface area contributed by atoms with Crippen LogP contribution in [-0.2, 0) is 17.3 Å². The minimum absolute atomic E-state index is 0.118. The predicted octanol–water partition coefficient (Wildman–Crippen LogP) is 1.98. The van der Waals surface area contributed by atoms with Gasteiger partial charge in [-0.3, -0.25) is 19.2 Å². The standard InChI is InChI=1S/C14H21N3O3S/c1-2-5-15-13-10-12(3-4-14(13)17(18)19)11-16-6-8-21(20)9-7-16/h3-4,10,15H,2,5-9,11H2,1H3. The molecule has 0 unspecified atom stereocenters. The minimum Gasteiger partial charge on any atom is -0.379 e. The predicted molar refractivity (Wildman–Crippen MR) is 85.0 cm³/mol. The van der Waals surface area contributed by atoms with Gasteiger partial charge in [0.05, 0.1) is 4.92 Å². The van der Waals surface area contributed by atoms with Crippen molar-refractivity contribution in [3.63, 3.8) is 0 Å². The largest absolute Gasteiger partial charge is 0.379 e. The lowest BCUT2D eigenvalue weighted by atomic mass is 10.1. The fraction of sp³-hybridized carbons (Fsp3) is 0.571. The molecule has 21 heavy (non-hydrogen) atoms. The van der Waals surface area contributed by atoms with Gasteiger partial charge in [0.2, 0.25) is 0 Å². The lowest BCUT2D eigenvalue weighted by Crippen LogP contribution is -2.37. The number of rotatable bonds is 6. The summed E-state index contributed by atoms with van der Waals surface area (Å²) in [6.07, 6.45) is 0.916. The maximum Gasteiger partial charge on any atom is 0.292 e. The zero-order valence-electron chi connectivity index (χ0n) is 12.2. The SMILES string of the molecule is CCCNc1cc(CN2CCS(=O)CC2)ccc1[N+](=O)[O-]. The van der Waals surface area contributed by atoms with Crippen molar-refractivity contribution in [1.29, 1.82) is 0 Å². The number of nitro benzene ring substituents is 1. The maximum absolute atomic E-state index is 11.4. The van der Waals surface area contributed by atoms with E-state index >= 15 is 0 Å². The van der Waals surface area contributed by atoms with Crippen molar-refractivity contribution >= 4 is 22.2 Å². The van der Waals surface area contributed by atoms with E-state index in [1.165, 1.54) is 0 Å². The number of nitro groups is 1. The highest BCUT2D eigenvalue weighted by Crippen LogP contribution is 2.26. The number of benzene rings is 1. The van der Waals surface area contributed by atoms with Crippen LogP contribution in [0.2, 0.25) is 0 Å². The zero-order valence-corrected chi connectivity index (χ0v) is 13.0. The highest BCUT2D eigenvalue weighted by atomic mass is 32.2. The average Bonchev–Trinajstić information content (AvgIpc) is 2.47. The fourth-order valence-corrected chi connectivity index (χ4v) is 3.46. The zero-order chi connectivity index (χ0) is 15.2. The molecule has 0 amide bonds. The monoisotopic (exact) mass is 311 g/mol. The lowest BCUT2D eigenvalue weighted by molar-refractivity contribution is -0.384. The van der Waals surface area contributed by atoms with Crippen molar-refractivity contribution in [2.75, 3.05) is 36.5 Å². The van der Waals surface area contributed by atoms with Crippen LogP contribution >= 0.6 is 0 Å². The van der Waals surface area contributed by atoms with Crippen LogP contribution in [0, 0.1) is 10.1 Å². The first-order valence-electron chi connectivity index (χ1n) is 7.18. The molecular formula is C14H21N3O3S. The van der Waals surface area contributed by atoms with Gasteiger partial charge in [-0.1, -0.05) is 13.0 Å². The number of nitrogens with zero attached hydrogens (tertiary/aromatic N) is 2. The summed E-state index contributed by atoms with van der Waals surface area (Å²) in [4.78, 5) is 12.9. The Labute approximate surface area is 127 Å². The van der Waals surface area contributed by atoms with Gasteiger partial charge >= 0.3 is 0 Å². The minimum atomic E-state index is -0.681. The summed E-state index contributed by atoms with van der Waals surface area (Å²) in [6.45, 7) is 5.13. The van der Waals surface area contributed by atoms with Crippen molar-refractivity contribution in [2.45, 2.75) is 19.9 Å². The molecule has 0 radical (unpaired) electrons. The fourth-order valence-electron chi connectivity index (χ4n) is 2.33. The molecule has 0 aliphatic carbocycles. The van der Waals surface area contributed by atoms with E-state index in [0.717, 1.165) is 31.6 Å². The summed E-state index contributed by atoms with van der Waals surface area (Å²) in [7, 11) is -0.681. The third-order valence-corrected chi connectivity index (χ3v) is 4.78. The summed E-state index contributed by atoms with van der Waals surface area (Å²) < 4.78 is 11.4. The molecule has 7 heteroatoms. The van der Waals surface area contributed by atoms with E-state index in [4.69, 9.17) is 0 Å². The van der Waals surface area contributed by atoms with Crippen LogP contribution in [0.4, 0.5) is 11.4 Å². The second-order valence-corrected chi connectivity index (χ2v) is 6.86. The maximum atomic E-state index is 11.4. The van der Waals surface area contributed by atoms with Gasteiger partial charge in [0.15, 0.2) is 0 Å². The Balaban J connectivity index is 2.09. The van der Waals surface area contributed by atoms with E-state index in [1.807, 2.05) is 13.0 Å². The van der Waals surface area contributed by atoms with E-state index in [9.17, 15) is 14.3 Å². The van der Waals surface area contributed by atoms with Crippen molar-refractivity contribution in [3.05, 3.63) is 33.9 Å². The number of hydrogen-bond donors (Lipinski definition) is 1. The van der Waals surface area contributed by atoms with Crippen LogP contribution in [0.5, 0.6) is 0 Å². The highest BCUT2D eigenvalue weighted by molar-refractivity contribution is 7.85. The van der Waals surface area contributed by atoms with Gasteiger partial charge in [-0.25, -0.2) is 0 Å². The molecule has 1 aliphatic rings. The lowest BCUT2D eigenvalue weighted by Gasteiger charge is -2.26. The molecule has 6 nitrogen and oxygen atoms in total. The first kappa shape index (κ1) is 15.9. The molecule has 116 valence electrons. The number of hydrogen-bond acceptors (Lipinski definition) is 5. The summed E-state index contributed by atoms with van der Waals surface area (Å²) in [5.74, 6) is 1.43. The average molecular weight is 311 g/mol. The van der Waals surface area contributed by atoms with Gasteiger partial charge in [-0.2, -0.15) is 0 Å². The Hall–Kier alpha value is -1.47. The van der Waals surface area contributed by atoms with Crippen LogP contribution in [-0.4, -0.2) is 45.2 Å². The van der Waals surface area contributed by atoms with Crippen molar-refractivity contribution in [3.8, 4) is 0 Å². The first-order valence-corrected chi connectivity index (χ1v) is 8.67. The van der Waals surface area contributed by atoms with Crippen LogP contribution in [0.25, 0.3) is 0 Å². The van der Waals surface area contributed by atoms with Crippen molar-refractivity contribution in [1.82, 2.24) is 4.90 Å². The van der Waals surface area contributed by atoms with Gasteiger partial charge in [0, 0.05) is 54.6 Å². The normalized spacial score (nSPS) is 16.8. The molecule has 0 spiro atoms. The van der Waals surface area contributed by atoms with Gasteiger partial charge in [-0.15, -0.1) is 0 Å². The second kappa shape index (κ2) is 7.51. The molecule has 1 heterocycles. The van der Waals surface area contributed by atoms with E-state index < -0.39 is 10.8 Å². The summed E-state index contributed by atoms with van der Waals surface area (Å²) in [5, 5.41) is 14.2. The first-order chi connectivity index (χ1) is 10.1. The molecule has 0 saturated carbocycles. The molecule has 1 N–H and O–H groups in total. The summed E-state index contributed by atoms with van der Waals surface area (Å²) in [6, 6.07) is 5.23. The van der Waals surface area contributed by atoms with Crippen LogP contribution in [0.1, 0.15) is 18.9 Å². The molecule has 0 bridgehead atoms. The topological polar surface area (TPSA) is 75.5 Å². The van der Waals surface area contributed by atoms with Crippen molar-refractivity contribution in [2.24, 2.45) is 0 Å². The van der Waals surface area contributed by atoms with E-state index in [-0.39, 0.29) is 10.6 Å². The smallest absolute Gasteiger partial charge is 0.292 e. The summed E-state index contributed by atoms with van der Waals surface area (Å²) in [5.41, 5.74) is 1.75. The van der Waals surface area contributed by atoms with Gasteiger partial charge in [0.1, 0.15) is 5.69 Å². The van der Waals surface area contributed by atoms with Gasteiger partial charge < -0.3 is 5.32 Å². The number of nitrogens with one attached hydrogen (secondary N) is 1. The number of anilines is 1. The molecule has 1 aromatic rings. The quantitative estimate of drug-likeness (QED) is 0.642. The molecule has 1 aliphatic heterocycles. The molecular weight excluding hydrogens is 290 g/mol. The third kappa shape index (κ3) is 4.50. The molecule has 0 atom stereocenters. The van der Waals surface area contributed by atoms with Crippen LogP contribution in [0.15, 0.2) is 18.2 Å². The van der Waals surface area contributed by atoms with Crippen molar-refractivity contribution < 1.29 is 9.13 Å². The Bertz CT molecular complexity index is 526.